The number of amides is 1. The van der Waals surface area contributed by atoms with Crippen LogP contribution in [-0.2, 0) is 11.2 Å². The predicted molar refractivity (Wildman–Crippen MR) is 107 cm³/mol. The van der Waals surface area contributed by atoms with E-state index in [1.165, 1.54) is 11.1 Å². The van der Waals surface area contributed by atoms with Crippen LogP contribution in [0.4, 0.5) is 0 Å². The zero-order chi connectivity index (χ0) is 18.6. The van der Waals surface area contributed by atoms with Crippen molar-refractivity contribution >= 4 is 16.8 Å². The molecule has 1 fully saturated rings. The third-order valence-electron chi connectivity index (χ3n) is 5.26. The highest BCUT2D eigenvalue weighted by Gasteiger charge is 2.27. The second kappa shape index (κ2) is 7.78. The Hall–Kier alpha value is -2.88. The van der Waals surface area contributed by atoms with Crippen molar-refractivity contribution in [3.05, 3.63) is 71.9 Å². The van der Waals surface area contributed by atoms with E-state index in [0.29, 0.717) is 13.0 Å². The third-order valence-corrected chi connectivity index (χ3v) is 5.26. The van der Waals surface area contributed by atoms with Crippen LogP contribution in [0, 0.1) is 6.92 Å². The first-order chi connectivity index (χ1) is 13.2. The topological polar surface area (TPSA) is 42.4 Å². The van der Waals surface area contributed by atoms with Gasteiger partial charge in [-0.25, -0.2) is 0 Å². The Balaban J connectivity index is 1.35. The summed E-state index contributed by atoms with van der Waals surface area (Å²) in [5.74, 6) is 1.01. The van der Waals surface area contributed by atoms with Gasteiger partial charge in [0.2, 0.25) is 5.91 Å². The summed E-state index contributed by atoms with van der Waals surface area (Å²) in [6.07, 6.45) is 4.01. The van der Waals surface area contributed by atoms with Gasteiger partial charge in [-0.1, -0.05) is 42.5 Å². The minimum absolute atomic E-state index is 0.0278. The largest absolute Gasteiger partial charge is 0.486 e. The maximum atomic E-state index is 12.6. The molecule has 1 aliphatic rings. The number of aromatic nitrogens is 1. The molecule has 0 saturated carbocycles. The van der Waals surface area contributed by atoms with Gasteiger partial charge in [-0.15, -0.1) is 0 Å². The molecule has 27 heavy (non-hydrogen) atoms. The Morgan fingerprint density at radius 3 is 2.89 bits per heavy atom. The molecule has 1 unspecified atom stereocenters. The van der Waals surface area contributed by atoms with Crippen LogP contribution in [0.2, 0.25) is 0 Å². The van der Waals surface area contributed by atoms with Crippen LogP contribution in [0.25, 0.3) is 10.9 Å². The molecule has 0 bridgehead atoms. The number of carbonyl (C=O) groups is 1. The molecule has 0 radical (unpaired) electrons. The number of fused-ring (bicyclic) bond motifs is 1. The Morgan fingerprint density at radius 2 is 2.00 bits per heavy atom. The van der Waals surface area contributed by atoms with Gasteiger partial charge in [-0.05, 0) is 36.6 Å². The van der Waals surface area contributed by atoms with Crippen LogP contribution in [0.5, 0.6) is 5.75 Å². The lowest BCUT2D eigenvalue weighted by Gasteiger charge is -2.18. The number of hydrogen-bond donors (Lipinski definition) is 0. The summed E-state index contributed by atoms with van der Waals surface area (Å²) in [5.41, 5.74) is 3.38. The summed E-state index contributed by atoms with van der Waals surface area (Å²) >= 11 is 0. The highest BCUT2D eigenvalue weighted by molar-refractivity contribution is 5.84. The molecule has 0 N–H and O–H groups in total. The maximum Gasteiger partial charge on any atom is 0.223 e. The second-order valence-electron chi connectivity index (χ2n) is 7.13. The average Bonchev–Trinajstić information content (AvgIpc) is 3.16. The number of aryl methyl sites for hydroxylation is 2. The molecule has 138 valence electrons. The number of likely N-dealkylation sites (tertiary alicyclic amines) is 1. The van der Waals surface area contributed by atoms with Crippen molar-refractivity contribution in [2.45, 2.75) is 32.3 Å². The van der Waals surface area contributed by atoms with E-state index in [1.807, 2.05) is 47.4 Å². The summed E-state index contributed by atoms with van der Waals surface area (Å²) in [6.45, 7) is 3.50. The molecule has 0 aliphatic carbocycles. The summed E-state index contributed by atoms with van der Waals surface area (Å²) in [4.78, 5) is 19.0. The van der Waals surface area contributed by atoms with Gasteiger partial charge in [0, 0.05) is 31.0 Å². The molecule has 4 nitrogen and oxygen atoms in total. The Kier molecular flexibility index (Phi) is 5.05. The highest BCUT2D eigenvalue weighted by atomic mass is 16.5. The predicted octanol–water partition coefficient (Wildman–Crippen LogP) is 4.16. The fraction of sp³-hybridized carbons (Fsp3) is 0.304. The first-order valence-electron chi connectivity index (χ1n) is 9.53. The Morgan fingerprint density at radius 1 is 1.15 bits per heavy atom. The lowest BCUT2D eigenvalue weighted by molar-refractivity contribution is -0.130. The van der Waals surface area contributed by atoms with Crippen molar-refractivity contribution in [2.24, 2.45) is 0 Å². The second-order valence-corrected chi connectivity index (χ2v) is 7.13. The van der Waals surface area contributed by atoms with Gasteiger partial charge in [0.05, 0.1) is 6.54 Å². The standard InChI is InChI=1S/C23H24N2O2/c1-17-6-2-3-7-18(17)11-12-22(26)25-15-13-20(16-25)27-21-10-4-8-19-9-5-14-24-23(19)21/h2-10,14,20H,11-13,15-16H2,1H3. The Labute approximate surface area is 159 Å². The van der Waals surface area contributed by atoms with Gasteiger partial charge < -0.3 is 9.64 Å². The molecular formula is C23H24N2O2. The fourth-order valence-corrected chi connectivity index (χ4v) is 3.69. The van der Waals surface area contributed by atoms with Crippen LogP contribution < -0.4 is 4.74 Å². The molecule has 1 aliphatic heterocycles. The molecule has 1 saturated heterocycles. The van der Waals surface area contributed by atoms with E-state index in [1.54, 1.807) is 6.20 Å². The lowest BCUT2D eigenvalue weighted by atomic mass is 10.0. The molecule has 1 aromatic heterocycles. The van der Waals surface area contributed by atoms with E-state index < -0.39 is 0 Å². The smallest absolute Gasteiger partial charge is 0.223 e. The Bertz CT molecular complexity index is 949. The number of pyridine rings is 1. The van der Waals surface area contributed by atoms with Crippen molar-refractivity contribution in [1.82, 2.24) is 9.88 Å². The maximum absolute atomic E-state index is 12.6. The fourth-order valence-electron chi connectivity index (χ4n) is 3.69. The van der Waals surface area contributed by atoms with Gasteiger partial charge in [0.1, 0.15) is 17.4 Å². The van der Waals surface area contributed by atoms with Crippen LogP contribution in [0.15, 0.2) is 60.8 Å². The van der Waals surface area contributed by atoms with Gasteiger partial charge >= 0.3 is 0 Å². The SMILES string of the molecule is Cc1ccccc1CCC(=O)N1CCC(Oc2cccc3cccnc23)C1. The van der Waals surface area contributed by atoms with Crippen LogP contribution in [-0.4, -0.2) is 35.0 Å². The minimum Gasteiger partial charge on any atom is -0.486 e. The molecular weight excluding hydrogens is 336 g/mol. The van der Waals surface area contributed by atoms with E-state index >= 15 is 0 Å². The number of benzene rings is 2. The van der Waals surface area contributed by atoms with Gasteiger partial charge in [0.25, 0.3) is 0 Å². The number of para-hydroxylation sites is 1. The number of rotatable bonds is 5. The van der Waals surface area contributed by atoms with Crippen molar-refractivity contribution < 1.29 is 9.53 Å². The first-order valence-corrected chi connectivity index (χ1v) is 9.53. The average molecular weight is 360 g/mol. The van der Waals surface area contributed by atoms with Gasteiger partial charge in [-0.2, -0.15) is 0 Å². The number of hydrogen-bond acceptors (Lipinski definition) is 3. The molecule has 3 aromatic rings. The molecule has 1 atom stereocenters. The van der Waals surface area contributed by atoms with E-state index in [-0.39, 0.29) is 12.0 Å². The normalized spacial score (nSPS) is 16.6. The van der Waals surface area contributed by atoms with Crippen LogP contribution >= 0.6 is 0 Å². The summed E-state index contributed by atoms with van der Waals surface area (Å²) in [5, 5.41) is 1.07. The van der Waals surface area contributed by atoms with Crippen LogP contribution in [0.3, 0.4) is 0 Å². The van der Waals surface area contributed by atoms with Crippen molar-refractivity contribution in [1.29, 1.82) is 0 Å². The quantitative estimate of drug-likeness (QED) is 0.686. The van der Waals surface area contributed by atoms with E-state index in [0.717, 1.165) is 36.0 Å². The van der Waals surface area contributed by atoms with E-state index in [4.69, 9.17) is 4.74 Å². The van der Waals surface area contributed by atoms with Crippen LogP contribution in [0.1, 0.15) is 24.0 Å². The highest BCUT2D eigenvalue weighted by Crippen LogP contribution is 2.26. The van der Waals surface area contributed by atoms with E-state index in [2.05, 4.69) is 24.0 Å². The summed E-state index contributed by atoms with van der Waals surface area (Å²) < 4.78 is 6.19. The monoisotopic (exact) mass is 360 g/mol. The number of nitrogens with zero attached hydrogens (tertiary/aromatic N) is 2. The molecule has 2 aromatic carbocycles. The van der Waals surface area contributed by atoms with Crippen molar-refractivity contribution in [3.63, 3.8) is 0 Å². The molecule has 1 amide bonds. The molecule has 2 heterocycles. The zero-order valence-corrected chi connectivity index (χ0v) is 15.6. The summed E-state index contributed by atoms with van der Waals surface area (Å²) in [7, 11) is 0. The first kappa shape index (κ1) is 17.5. The van der Waals surface area contributed by atoms with Gasteiger partial charge in [0.15, 0.2) is 0 Å². The van der Waals surface area contributed by atoms with E-state index in [9.17, 15) is 4.79 Å². The third kappa shape index (κ3) is 3.95. The van der Waals surface area contributed by atoms with Crippen molar-refractivity contribution in [3.8, 4) is 5.75 Å². The lowest BCUT2D eigenvalue weighted by Crippen LogP contribution is -2.31. The molecule has 0 spiro atoms. The van der Waals surface area contributed by atoms with Gasteiger partial charge in [-0.3, -0.25) is 9.78 Å². The number of ether oxygens (including phenoxy) is 1. The molecule has 4 rings (SSSR count). The minimum atomic E-state index is 0.0278. The zero-order valence-electron chi connectivity index (χ0n) is 15.6. The van der Waals surface area contributed by atoms with Crippen molar-refractivity contribution in [2.75, 3.05) is 13.1 Å². The summed E-state index contributed by atoms with van der Waals surface area (Å²) in [6, 6.07) is 18.2. The molecule has 4 heteroatoms. The number of carbonyl (C=O) groups excluding carboxylic acids is 1.